The highest BCUT2D eigenvalue weighted by Crippen LogP contribution is 2.45. The van der Waals surface area contributed by atoms with Gasteiger partial charge < -0.3 is 19.8 Å². The quantitative estimate of drug-likeness (QED) is 0.271. The molecule has 0 bridgehead atoms. The summed E-state index contributed by atoms with van der Waals surface area (Å²) < 4.78 is 11.5. The lowest BCUT2D eigenvalue weighted by Gasteiger charge is -2.27. The zero-order valence-corrected chi connectivity index (χ0v) is 19.6. The summed E-state index contributed by atoms with van der Waals surface area (Å²) >= 11 is 0. The van der Waals surface area contributed by atoms with E-state index in [9.17, 15) is 0 Å². The normalized spacial score (nSPS) is 12.1. The van der Waals surface area contributed by atoms with Gasteiger partial charge in [0, 0.05) is 23.6 Å². The average Bonchev–Trinajstić information content (AvgIpc) is 3.08. The predicted octanol–water partition coefficient (Wildman–Crippen LogP) is 7.34. The Balaban J connectivity index is 2.19. The summed E-state index contributed by atoms with van der Waals surface area (Å²) in [4.78, 5) is 3.70. The molecule has 0 aliphatic heterocycles. The van der Waals surface area contributed by atoms with E-state index in [1.165, 1.54) is 54.1 Å². The molecule has 0 amide bonds. The maximum Gasteiger partial charge on any atom is 0.188 e. The Bertz CT molecular complexity index is 982. The van der Waals surface area contributed by atoms with Gasteiger partial charge in [-0.3, -0.25) is 0 Å². The Morgan fingerprint density at radius 1 is 1.03 bits per heavy atom. The fourth-order valence-corrected chi connectivity index (χ4v) is 4.24. The predicted molar refractivity (Wildman–Crippen MR) is 129 cm³/mol. The zero-order chi connectivity index (χ0) is 21.7. The maximum atomic E-state index is 6.20. The number of aromatic amines is 1. The van der Waals surface area contributed by atoms with Crippen molar-refractivity contribution in [2.75, 3.05) is 19.2 Å². The van der Waals surface area contributed by atoms with Gasteiger partial charge in [0.1, 0.15) is 0 Å². The maximum absolute atomic E-state index is 6.20. The molecule has 30 heavy (non-hydrogen) atoms. The minimum absolute atomic E-state index is 0.0753. The number of nitrogens with one attached hydrogen (secondary N) is 2. The molecule has 0 fully saturated rings. The topological polar surface area (TPSA) is 46.3 Å². The van der Waals surface area contributed by atoms with Crippen molar-refractivity contribution in [2.45, 2.75) is 78.7 Å². The first-order valence-electron chi connectivity index (χ1n) is 11.3. The van der Waals surface area contributed by atoms with Gasteiger partial charge in [-0.05, 0) is 57.7 Å². The molecule has 1 aromatic heterocycles. The number of methoxy groups -OCH3 is 1. The van der Waals surface area contributed by atoms with Gasteiger partial charge in [0.05, 0.1) is 16.6 Å². The van der Waals surface area contributed by atoms with Gasteiger partial charge in [0.25, 0.3) is 0 Å². The van der Waals surface area contributed by atoms with Crippen LogP contribution < -0.4 is 10.1 Å². The average molecular weight is 411 g/mol. The smallest absolute Gasteiger partial charge is 0.188 e. The molecule has 164 valence electrons. The molecule has 0 saturated heterocycles. The van der Waals surface area contributed by atoms with E-state index in [-0.39, 0.29) is 12.3 Å². The monoisotopic (exact) mass is 410 g/mol. The van der Waals surface area contributed by atoms with Crippen LogP contribution in [0.2, 0.25) is 0 Å². The van der Waals surface area contributed by atoms with Gasteiger partial charge in [-0.2, -0.15) is 0 Å². The summed E-state index contributed by atoms with van der Waals surface area (Å²) in [7, 11) is 1.67. The van der Waals surface area contributed by atoms with Crippen molar-refractivity contribution in [3.63, 3.8) is 0 Å². The first kappa shape index (κ1) is 22.5. The number of H-pyrrole nitrogens is 1. The second kappa shape index (κ2) is 9.74. The van der Waals surface area contributed by atoms with Gasteiger partial charge in [-0.15, -0.1) is 0 Å². The molecule has 0 atom stereocenters. The molecular weight excluding hydrogens is 372 g/mol. The number of hydrogen-bond acceptors (Lipinski definition) is 3. The van der Waals surface area contributed by atoms with Crippen molar-refractivity contribution in [3.8, 4) is 5.75 Å². The highest BCUT2D eigenvalue weighted by atomic mass is 16.7. The number of fused-ring (bicyclic) bond motifs is 3. The molecule has 0 aliphatic carbocycles. The lowest BCUT2D eigenvalue weighted by Crippen LogP contribution is -2.27. The van der Waals surface area contributed by atoms with Gasteiger partial charge in [0.15, 0.2) is 12.5 Å². The Morgan fingerprint density at radius 2 is 1.77 bits per heavy atom. The SMILES string of the molecule is CCCCCCCc1c(C)c(NC(C)(C)C)c(OCOC)c2c1[nH]c1ccccc12. The van der Waals surface area contributed by atoms with E-state index in [0.29, 0.717) is 0 Å². The first-order chi connectivity index (χ1) is 14.4. The highest BCUT2D eigenvalue weighted by Gasteiger charge is 2.24. The number of aryl methyl sites for hydroxylation is 1. The van der Waals surface area contributed by atoms with Gasteiger partial charge in [0.2, 0.25) is 0 Å². The molecule has 4 nitrogen and oxygen atoms in total. The lowest BCUT2D eigenvalue weighted by molar-refractivity contribution is 0.0526. The third-order valence-electron chi connectivity index (χ3n) is 5.64. The molecule has 0 saturated carbocycles. The molecule has 4 heteroatoms. The minimum atomic E-state index is -0.0753. The van der Waals surface area contributed by atoms with E-state index >= 15 is 0 Å². The number of benzene rings is 2. The summed E-state index contributed by atoms with van der Waals surface area (Å²) in [5, 5.41) is 6.08. The fraction of sp³-hybridized carbons (Fsp3) is 0.538. The van der Waals surface area contributed by atoms with E-state index in [2.05, 4.69) is 69.2 Å². The van der Waals surface area contributed by atoms with Crippen LogP contribution in [0.25, 0.3) is 21.8 Å². The number of aromatic nitrogens is 1. The van der Waals surface area contributed by atoms with Crippen LogP contribution in [-0.4, -0.2) is 24.4 Å². The van der Waals surface area contributed by atoms with Crippen molar-refractivity contribution in [1.29, 1.82) is 0 Å². The Kier molecular flexibility index (Phi) is 7.30. The molecule has 0 aliphatic rings. The number of unbranched alkanes of at least 4 members (excludes halogenated alkanes) is 4. The van der Waals surface area contributed by atoms with Crippen LogP contribution in [0.3, 0.4) is 0 Å². The fourth-order valence-electron chi connectivity index (χ4n) is 4.24. The summed E-state index contributed by atoms with van der Waals surface area (Å²) in [5.74, 6) is 0.881. The summed E-state index contributed by atoms with van der Waals surface area (Å²) in [6.45, 7) is 11.3. The number of hydrogen-bond donors (Lipinski definition) is 2. The highest BCUT2D eigenvalue weighted by molar-refractivity contribution is 6.14. The van der Waals surface area contributed by atoms with Crippen molar-refractivity contribution in [2.24, 2.45) is 0 Å². The van der Waals surface area contributed by atoms with Crippen LogP contribution in [0.5, 0.6) is 5.75 Å². The van der Waals surface area contributed by atoms with Crippen LogP contribution in [0.4, 0.5) is 5.69 Å². The van der Waals surface area contributed by atoms with Crippen molar-refractivity contribution < 1.29 is 9.47 Å². The molecule has 2 aromatic carbocycles. The molecular formula is C26H38N2O2. The Hall–Kier alpha value is -2.20. The van der Waals surface area contributed by atoms with Crippen LogP contribution in [0.15, 0.2) is 24.3 Å². The summed E-state index contributed by atoms with van der Waals surface area (Å²) in [5.41, 5.74) is 6.03. The molecule has 0 radical (unpaired) electrons. The van der Waals surface area contributed by atoms with E-state index in [1.807, 2.05) is 0 Å². The molecule has 0 unspecified atom stereocenters. The Labute approximate surface area is 181 Å². The number of para-hydroxylation sites is 1. The minimum Gasteiger partial charge on any atom is -0.465 e. The van der Waals surface area contributed by atoms with Crippen molar-refractivity contribution in [3.05, 3.63) is 35.4 Å². The standard InChI is InChI=1S/C26H38N2O2/c1-7-8-9-10-11-14-19-18(2)23(28-26(3,4)5)25(30-17-29-6)22-20-15-12-13-16-21(20)27-24(19)22/h12-13,15-16,27-28H,7-11,14,17H2,1-6H3. The second-order valence-corrected chi connectivity index (χ2v) is 9.32. The van der Waals surface area contributed by atoms with Gasteiger partial charge in [-0.1, -0.05) is 50.8 Å². The third-order valence-corrected chi connectivity index (χ3v) is 5.64. The molecule has 2 N–H and O–H groups in total. The van der Waals surface area contributed by atoms with Crippen LogP contribution in [0.1, 0.15) is 70.9 Å². The Morgan fingerprint density at radius 3 is 2.47 bits per heavy atom. The van der Waals surface area contributed by atoms with Gasteiger partial charge >= 0.3 is 0 Å². The van der Waals surface area contributed by atoms with E-state index in [0.717, 1.165) is 28.8 Å². The van der Waals surface area contributed by atoms with E-state index < -0.39 is 0 Å². The second-order valence-electron chi connectivity index (χ2n) is 9.32. The largest absolute Gasteiger partial charge is 0.465 e. The molecule has 3 aromatic rings. The molecule has 3 rings (SSSR count). The number of ether oxygens (including phenoxy) is 2. The summed E-state index contributed by atoms with van der Waals surface area (Å²) in [6.07, 6.45) is 7.46. The molecule has 0 spiro atoms. The van der Waals surface area contributed by atoms with E-state index in [4.69, 9.17) is 9.47 Å². The van der Waals surface area contributed by atoms with Crippen LogP contribution in [0, 0.1) is 6.92 Å². The lowest BCUT2D eigenvalue weighted by atomic mass is 9.94. The third kappa shape index (κ3) is 4.92. The summed E-state index contributed by atoms with van der Waals surface area (Å²) in [6, 6.07) is 8.50. The van der Waals surface area contributed by atoms with Crippen molar-refractivity contribution in [1.82, 2.24) is 4.98 Å². The first-order valence-corrected chi connectivity index (χ1v) is 11.3. The van der Waals surface area contributed by atoms with E-state index in [1.54, 1.807) is 7.11 Å². The van der Waals surface area contributed by atoms with Crippen molar-refractivity contribution >= 4 is 27.5 Å². The molecule has 1 heterocycles. The zero-order valence-electron chi connectivity index (χ0n) is 19.6. The van der Waals surface area contributed by atoms with Crippen LogP contribution in [-0.2, 0) is 11.2 Å². The number of anilines is 1. The van der Waals surface area contributed by atoms with Crippen LogP contribution >= 0.6 is 0 Å². The van der Waals surface area contributed by atoms with Gasteiger partial charge in [-0.25, -0.2) is 0 Å². The number of rotatable bonds is 10.